The summed E-state index contributed by atoms with van der Waals surface area (Å²) < 4.78 is 7.86. The van der Waals surface area contributed by atoms with Crippen LogP contribution in [0.2, 0.25) is 0 Å². The van der Waals surface area contributed by atoms with Crippen LogP contribution in [0.25, 0.3) is 11.2 Å². The highest BCUT2D eigenvalue weighted by molar-refractivity contribution is 5.71. The summed E-state index contributed by atoms with van der Waals surface area (Å²) in [6.45, 7) is 2.39. The number of hydrogen-bond acceptors (Lipinski definition) is 4. The first-order valence-electron chi connectivity index (χ1n) is 6.57. The number of rotatable bonds is 2. The maximum atomic E-state index is 5.55. The lowest BCUT2D eigenvalue weighted by atomic mass is 10.2. The fourth-order valence-electron chi connectivity index (χ4n) is 2.62. The lowest BCUT2D eigenvalue weighted by molar-refractivity contribution is 0.0732. The molecule has 2 fully saturated rings. The van der Waals surface area contributed by atoms with E-state index < -0.39 is 0 Å². The quantitative estimate of drug-likeness (QED) is 0.868. The van der Waals surface area contributed by atoms with E-state index in [-0.39, 0.29) is 6.04 Å². The van der Waals surface area contributed by atoms with Crippen molar-refractivity contribution in [3.63, 3.8) is 0 Å². The van der Waals surface area contributed by atoms with E-state index in [2.05, 4.69) is 14.9 Å². The third-order valence-electron chi connectivity index (χ3n) is 3.62. The molecule has 1 N–H and O–H groups in total. The van der Waals surface area contributed by atoms with E-state index in [1.165, 1.54) is 12.8 Å². The van der Waals surface area contributed by atoms with Gasteiger partial charge in [-0.05, 0) is 25.0 Å². The van der Waals surface area contributed by atoms with Crippen molar-refractivity contribution in [1.29, 1.82) is 0 Å². The molecule has 1 aliphatic heterocycles. The number of hydrogen-bond donors (Lipinski definition) is 1. The van der Waals surface area contributed by atoms with E-state index in [0.29, 0.717) is 12.6 Å². The number of ether oxygens (including phenoxy) is 1. The fourth-order valence-corrected chi connectivity index (χ4v) is 2.62. The molecule has 4 rings (SSSR count). The molecule has 18 heavy (non-hydrogen) atoms. The average Bonchev–Trinajstić information content (AvgIpc) is 3.19. The SMILES string of the molecule is c1cnc2c(c1)nc(C1COCCN1)n2C1CC1. The zero-order chi connectivity index (χ0) is 11.9. The Bertz CT molecular complexity index is 569. The van der Waals surface area contributed by atoms with Crippen LogP contribution in [0.4, 0.5) is 0 Å². The number of morpholine rings is 1. The maximum absolute atomic E-state index is 5.55. The third kappa shape index (κ3) is 1.62. The first-order chi connectivity index (χ1) is 8.93. The van der Waals surface area contributed by atoms with Gasteiger partial charge in [-0.25, -0.2) is 9.97 Å². The van der Waals surface area contributed by atoms with Crippen LogP contribution < -0.4 is 5.32 Å². The third-order valence-corrected chi connectivity index (χ3v) is 3.62. The van der Waals surface area contributed by atoms with Gasteiger partial charge in [-0.2, -0.15) is 0 Å². The van der Waals surface area contributed by atoms with Crippen LogP contribution in [0.15, 0.2) is 18.3 Å². The predicted molar refractivity (Wildman–Crippen MR) is 67.4 cm³/mol. The van der Waals surface area contributed by atoms with Crippen molar-refractivity contribution in [2.75, 3.05) is 19.8 Å². The summed E-state index contributed by atoms with van der Waals surface area (Å²) in [5.41, 5.74) is 2.01. The van der Waals surface area contributed by atoms with Gasteiger partial charge < -0.3 is 14.6 Å². The molecule has 1 unspecified atom stereocenters. The van der Waals surface area contributed by atoms with Crippen molar-refractivity contribution in [2.45, 2.75) is 24.9 Å². The van der Waals surface area contributed by atoms with Gasteiger partial charge in [-0.15, -0.1) is 0 Å². The molecular formula is C13H16N4O. The first kappa shape index (κ1) is 10.5. The number of pyridine rings is 1. The predicted octanol–water partition coefficient (Wildman–Crippen LogP) is 1.43. The van der Waals surface area contributed by atoms with Crippen molar-refractivity contribution in [1.82, 2.24) is 19.9 Å². The van der Waals surface area contributed by atoms with Gasteiger partial charge in [-0.3, -0.25) is 0 Å². The lowest BCUT2D eigenvalue weighted by Gasteiger charge is -2.24. The topological polar surface area (TPSA) is 52.0 Å². The zero-order valence-corrected chi connectivity index (χ0v) is 10.2. The number of aromatic nitrogens is 3. The molecule has 2 aromatic rings. The highest BCUT2D eigenvalue weighted by Crippen LogP contribution is 2.39. The Balaban J connectivity index is 1.84. The zero-order valence-electron chi connectivity index (χ0n) is 10.2. The van der Waals surface area contributed by atoms with E-state index in [1.807, 2.05) is 18.3 Å². The van der Waals surface area contributed by atoms with E-state index in [1.54, 1.807) is 0 Å². The summed E-state index contributed by atoms with van der Waals surface area (Å²) in [6.07, 6.45) is 4.32. The Kier molecular flexibility index (Phi) is 2.34. The highest BCUT2D eigenvalue weighted by Gasteiger charge is 2.32. The monoisotopic (exact) mass is 244 g/mol. The van der Waals surface area contributed by atoms with Gasteiger partial charge in [0, 0.05) is 18.8 Å². The molecule has 1 atom stereocenters. The summed E-state index contributed by atoms with van der Waals surface area (Å²) in [5, 5.41) is 3.48. The largest absolute Gasteiger partial charge is 0.378 e. The fraction of sp³-hybridized carbons (Fsp3) is 0.538. The molecule has 1 aliphatic carbocycles. The van der Waals surface area contributed by atoms with Crippen LogP contribution in [-0.4, -0.2) is 34.3 Å². The average molecular weight is 244 g/mol. The number of nitrogens with zero attached hydrogens (tertiary/aromatic N) is 3. The molecule has 1 saturated heterocycles. The lowest BCUT2D eigenvalue weighted by Crippen LogP contribution is -2.36. The van der Waals surface area contributed by atoms with E-state index in [9.17, 15) is 0 Å². The Morgan fingerprint density at radius 1 is 1.39 bits per heavy atom. The molecule has 5 nitrogen and oxygen atoms in total. The molecule has 0 aromatic carbocycles. The van der Waals surface area contributed by atoms with Crippen molar-refractivity contribution in [3.05, 3.63) is 24.2 Å². The van der Waals surface area contributed by atoms with Crippen LogP contribution in [0, 0.1) is 0 Å². The highest BCUT2D eigenvalue weighted by atomic mass is 16.5. The number of nitrogens with one attached hydrogen (secondary N) is 1. The van der Waals surface area contributed by atoms with Gasteiger partial charge in [0.05, 0.1) is 19.3 Å². The van der Waals surface area contributed by atoms with Crippen LogP contribution in [-0.2, 0) is 4.74 Å². The molecule has 2 aromatic heterocycles. The summed E-state index contributed by atoms with van der Waals surface area (Å²) >= 11 is 0. The van der Waals surface area contributed by atoms with Crippen LogP contribution in [0.5, 0.6) is 0 Å². The van der Waals surface area contributed by atoms with Gasteiger partial charge in [-0.1, -0.05) is 0 Å². The van der Waals surface area contributed by atoms with Gasteiger partial charge in [0.1, 0.15) is 11.3 Å². The standard InChI is InChI=1S/C13H16N4O/c1-2-10-12(15-5-1)17(9-3-4-9)13(16-10)11-8-18-7-6-14-11/h1-2,5,9,11,14H,3-4,6-8H2. The molecule has 0 radical (unpaired) electrons. The molecule has 5 heteroatoms. The molecule has 94 valence electrons. The maximum Gasteiger partial charge on any atom is 0.160 e. The Morgan fingerprint density at radius 3 is 3.11 bits per heavy atom. The van der Waals surface area contributed by atoms with Crippen molar-refractivity contribution < 1.29 is 4.74 Å². The summed E-state index contributed by atoms with van der Waals surface area (Å²) in [4.78, 5) is 9.25. The normalized spacial score (nSPS) is 24.6. The van der Waals surface area contributed by atoms with Crippen LogP contribution in [0.3, 0.4) is 0 Å². The molecule has 3 heterocycles. The molecule has 0 spiro atoms. The van der Waals surface area contributed by atoms with Gasteiger partial charge in [0.25, 0.3) is 0 Å². The Morgan fingerprint density at radius 2 is 2.33 bits per heavy atom. The molecular weight excluding hydrogens is 228 g/mol. The molecule has 2 aliphatic rings. The second-order valence-electron chi connectivity index (χ2n) is 5.00. The number of imidazole rings is 1. The second-order valence-corrected chi connectivity index (χ2v) is 5.00. The van der Waals surface area contributed by atoms with Crippen molar-refractivity contribution >= 4 is 11.2 Å². The first-order valence-corrected chi connectivity index (χ1v) is 6.57. The van der Waals surface area contributed by atoms with E-state index >= 15 is 0 Å². The molecule has 0 bridgehead atoms. The summed E-state index contributed by atoms with van der Waals surface area (Å²) in [5.74, 6) is 1.09. The smallest absolute Gasteiger partial charge is 0.160 e. The van der Waals surface area contributed by atoms with Crippen LogP contribution >= 0.6 is 0 Å². The van der Waals surface area contributed by atoms with E-state index in [4.69, 9.17) is 9.72 Å². The van der Waals surface area contributed by atoms with Gasteiger partial charge in [0.15, 0.2) is 5.65 Å². The van der Waals surface area contributed by atoms with Gasteiger partial charge in [0.2, 0.25) is 0 Å². The Labute approximate surface area is 105 Å². The van der Waals surface area contributed by atoms with E-state index in [0.717, 1.165) is 30.1 Å². The van der Waals surface area contributed by atoms with Gasteiger partial charge >= 0.3 is 0 Å². The minimum absolute atomic E-state index is 0.202. The van der Waals surface area contributed by atoms with Crippen molar-refractivity contribution in [2.24, 2.45) is 0 Å². The second kappa shape index (κ2) is 4.03. The minimum atomic E-state index is 0.202. The minimum Gasteiger partial charge on any atom is -0.378 e. The summed E-state index contributed by atoms with van der Waals surface area (Å²) in [7, 11) is 0. The molecule has 0 amide bonds. The van der Waals surface area contributed by atoms with Crippen LogP contribution in [0.1, 0.15) is 30.7 Å². The summed E-state index contributed by atoms with van der Waals surface area (Å²) in [6, 6.07) is 4.77. The Hall–Kier alpha value is -1.46. The number of fused-ring (bicyclic) bond motifs is 1. The van der Waals surface area contributed by atoms with Crippen molar-refractivity contribution in [3.8, 4) is 0 Å². The molecule has 1 saturated carbocycles.